The monoisotopic (exact) mass is 364 g/mol. The van der Waals surface area contributed by atoms with E-state index in [2.05, 4.69) is 0 Å². The van der Waals surface area contributed by atoms with Gasteiger partial charge in [-0.3, -0.25) is 5.41 Å². The van der Waals surface area contributed by atoms with Crippen LogP contribution in [0.4, 0.5) is 4.39 Å². The van der Waals surface area contributed by atoms with E-state index in [4.69, 9.17) is 51.4 Å². The summed E-state index contributed by atoms with van der Waals surface area (Å²) in [5.74, 6) is -0.580. The first-order valence-corrected chi connectivity index (χ1v) is 7.50. The Morgan fingerprint density at radius 3 is 2.50 bits per heavy atom. The Hall–Kier alpha value is -1.14. The Kier molecular flexibility index (Phi) is 7.29. The van der Waals surface area contributed by atoms with Gasteiger partial charge >= 0.3 is 0 Å². The van der Waals surface area contributed by atoms with Crippen molar-refractivity contribution >= 4 is 45.7 Å². The van der Waals surface area contributed by atoms with Crippen LogP contribution in [0, 0.1) is 16.6 Å². The second-order valence-corrected chi connectivity index (χ2v) is 5.72. The summed E-state index contributed by atoms with van der Waals surface area (Å²) in [4.78, 5) is 1.64. The van der Waals surface area contributed by atoms with Crippen LogP contribution in [0.5, 0.6) is 0 Å². The normalized spacial score (nSPS) is 11.5. The van der Waals surface area contributed by atoms with Crippen LogP contribution < -0.4 is 5.73 Å². The van der Waals surface area contributed by atoms with Crippen molar-refractivity contribution in [1.82, 2.24) is 4.90 Å². The molecule has 0 bridgehead atoms. The number of allylic oxidation sites excluding steroid dienone is 2. The van der Waals surface area contributed by atoms with E-state index < -0.39 is 5.82 Å². The van der Waals surface area contributed by atoms with Gasteiger partial charge in [-0.25, -0.2) is 4.39 Å². The van der Waals surface area contributed by atoms with Gasteiger partial charge in [0.05, 0.1) is 10.7 Å². The summed E-state index contributed by atoms with van der Waals surface area (Å²) in [6.07, 6.45) is 1.44. The number of benzene rings is 1. The number of rotatable bonds is 7. The van der Waals surface area contributed by atoms with Gasteiger partial charge in [0.15, 0.2) is 0 Å². The molecule has 120 valence electrons. The second-order valence-electron chi connectivity index (χ2n) is 4.56. The van der Waals surface area contributed by atoms with Gasteiger partial charge < -0.3 is 16.0 Å². The van der Waals surface area contributed by atoms with Crippen molar-refractivity contribution < 1.29 is 4.39 Å². The Morgan fingerprint density at radius 2 is 2.00 bits per heavy atom. The van der Waals surface area contributed by atoms with Crippen molar-refractivity contribution in [2.75, 3.05) is 13.1 Å². The van der Waals surface area contributed by atoms with Crippen molar-refractivity contribution in [2.45, 2.75) is 13.5 Å². The molecule has 0 heterocycles. The largest absolute Gasteiger partial charge is 0.363 e. The molecule has 0 aromatic heterocycles. The Morgan fingerprint density at radius 1 is 1.36 bits per heavy atom. The summed E-state index contributed by atoms with van der Waals surface area (Å²) in [6.45, 7) is 2.31. The van der Waals surface area contributed by atoms with Gasteiger partial charge in [0.25, 0.3) is 0 Å². The zero-order chi connectivity index (χ0) is 16.9. The molecule has 0 radical (unpaired) electrons. The quantitative estimate of drug-likeness (QED) is 0.504. The molecule has 0 aliphatic heterocycles. The van der Waals surface area contributed by atoms with Crippen LogP contribution in [-0.4, -0.2) is 28.9 Å². The summed E-state index contributed by atoms with van der Waals surface area (Å²) < 4.78 is 13.6. The molecule has 0 amide bonds. The summed E-state index contributed by atoms with van der Waals surface area (Å²) in [7, 11) is 0. The lowest BCUT2D eigenvalue weighted by atomic mass is 10.1. The fraction of sp³-hybridized carbons (Fsp3) is 0.286. The lowest BCUT2D eigenvalue weighted by Crippen LogP contribution is -2.31. The molecule has 4 N–H and O–H groups in total. The first kappa shape index (κ1) is 18.9. The number of nitrogens with two attached hydrogens (primary N) is 1. The summed E-state index contributed by atoms with van der Waals surface area (Å²) in [5, 5.41) is 15.2. The summed E-state index contributed by atoms with van der Waals surface area (Å²) in [5.41, 5.74) is 6.48. The SMILES string of the molecule is CC(=N)/C=C(\C(=N)Cl)N(CCN)Cc1c(Cl)ccc(F)c1Cl. The minimum atomic E-state index is -0.580. The van der Waals surface area contributed by atoms with Crippen LogP contribution in [0.1, 0.15) is 12.5 Å². The van der Waals surface area contributed by atoms with Crippen LogP contribution in [0.2, 0.25) is 10.0 Å². The third-order valence-electron chi connectivity index (χ3n) is 2.81. The molecule has 0 aliphatic rings. The molecule has 8 heteroatoms. The number of halogens is 4. The van der Waals surface area contributed by atoms with Gasteiger partial charge in [0, 0.05) is 35.9 Å². The number of hydrogen-bond acceptors (Lipinski definition) is 4. The maximum Gasteiger partial charge on any atom is 0.144 e. The number of nitrogens with zero attached hydrogens (tertiary/aromatic N) is 1. The second kappa shape index (κ2) is 8.48. The van der Waals surface area contributed by atoms with Crippen molar-refractivity contribution in [3.63, 3.8) is 0 Å². The van der Waals surface area contributed by atoms with Gasteiger partial charge in [-0.2, -0.15) is 0 Å². The molecular weight excluding hydrogens is 350 g/mol. The summed E-state index contributed by atoms with van der Waals surface area (Å²) >= 11 is 17.8. The van der Waals surface area contributed by atoms with Gasteiger partial charge in [0.2, 0.25) is 0 Å². The molecule has 0 unspecified atom stereocenters. The number of nitrogens with one attached hydrogen (secondary N) is 2. The molecular formula is C14H16Cl3FN4. The topological polar surface area (TPSA) is 77.0 Å². The lowest BCUT2D eigenvalue weighted by Gasteiger charge is -2.27. The van der Waals surface area contributed by atoms with Gasteiger partial charge in [0.1, 0.15) is 11.0 Å². The zero-order valence-electron chi connectivity index (χ0n) is 11.9. The fourth-order valence-corrected chi connectivity index (χ4v) is 2.51. The van der Waals surface area contributed by atoms with Crippen LogP contribution in [0.15, 0.2) is 23.9 Å². The van der Waals surface area contributed by atoms with Gasteiger partial charge in [-0.05, 0) is 25.1 Å². The Balaban J connectivity index is 3.25. The van der Waals surface area contributed by atoms with Crippen LogP contribution in [-0.2, 0) is 6.54 Å². The first-order valence-electron chi connectivity index (χ1n) is 6.36. The molecule has 22 heavy (non-hydrogen) atoms. The van der Waals surface area contributed by atoms with Crippen LogP contribution in [0.25, 0.3) is 0 Å². The van der Waals surface area contributed by atoms with Crippen molar-refractivity contribution in [3.05, 3.63) is 45.3 Å². The standard InChI is InChI=1S/C14H16Cl3FN4/c1-8(20)6-12(14(17)21)22(5-4-19)7-9-10(15)2-3-11(18)13(9)16/h2-3,6,20-21H,4-5,7,19H2,1H3/b12-6+,20-8?,21-14?. The van der Waals surface area contributed by atoms with E-state index in [1.807, 2.05) is 0 Å². The van der Waals surface area contributed by atoms with Crippen LogP contribution >= 0.6 is 34.8 Å². The maximum atomic E-state index is 13.6. The van der Waals surface area contributed by atoms with Crippen LogP contribution in [0.3, 0.4) is 0 Å². The minimum absolute atomic E-state index is 0.0819. The van der Waals surface area contributed by atoms with Crippen molar-refractivity contribution in [2.24, 2.45) is 5.73 Å². The third-order valence-corrected chi connectivity index (χ3v) is 3.76. The molecule has 1 rings (SSSR count). The van der Waals surface area contributed by atoms with E-state index in [-0.39, 0.29) is 29.0 Å². The van der Waals surface area contributed by atoms with E-state index in [0.29, 0.717) is 22.8 Å². The first-order chi connectivity index (χ1) is 10.3. The zero-order valence-corrected chi connectivity index (χ0v) is 14.2. The predicted octanol–water partition coefficient (Wildman–Crippen LogP) is 4.03. The van der Waals surface area contributed by atoms with E-state index in [1.165, 1.54) is 18.2 Å². The highest BCUT2D eigenvalue weighted by Crippen LogP contribution is 2.29. The highest BCUT2D eigenvalue weighted by molar-refractivity contribution is 6.68. The molecule has 1 aromatic carbocycles. The molecule has 1 aromatic rings. The molecule has 4 nitrogen and oxygen atoms in total. The van der Waals surface area contributed by atoms with Crippen molar-refractivity contribution in [1.29, 1.82) is 10.8 Å². The highest BCUT2D eigenvalue weighted by atomic mass is 35.5. The number of hydrogen-bond donors (Lipinski definition) is 3. The molecule has 0 saturated carbocycles. The molecule has 0 saturated heterocycles. The average molecular weight is 366 g/mol. The maximum absolute atomic E-state index is 13.6. The van der Waals surface area contributed by atoms with Gasteiger partial charge in [-0.1, -0.05) is 34.8 Å². The molecule has 0 fully saturated rings. The molecule has 0 atom stereocenters. The Bertz CT molecular complexity index is 616. The fourth-order valence-electron chi connectivity index (χ4n) is 1.84. The molecule has 0 aliphatic carbocycles. The lowest BCUT2D eigenvalue weighted by molar-refractivity contribution is 0.363. The van der Waals surface area contributed by atoms with Crippen molar-refractivity contribution in [3.8, 4) is 0 Å². The minimum Gasteiger partial charge on any atom is -0.363 e. The highest BCUT2D eigenvalue weighted by Gasteiger charge is 2.18. The smallest absolute Gasteiger partial charge is 0.144 e. The predicted molar refractivity (Wildman–Crippen MR) is 90.9 cm³/mol. The average Bonchev–Trinajstić information content (AvgIpc) is 2.43. The van der Waals surface area contributed by atoms with E-state index in [9.17, 15) is 4.39 Å². The molecule has 0 spiro atoms. The Labute approximate surface area is 143 Å². The van der Waals surface area contributed by atoms with E-state index >= 15 is 0 Å². The van der Waals surface area contributed by atoms with E-state index in [0.717, 1.165) is 0 Å². The third kappa shape index (κ3) is 4.95. The van der Waals surface area contributed by atoms with E-state index in [1.54, 1.807) is 11.8 Å². The van der Waals surface area contributed by atoms with Gasteiger partial charge in [-0.15, -0.1) is 0 Å². The summed E-state index contributed by atoms with van der Waals surface area (Å²) in [6, 6.07) is 2.60.